The predicted molar refractivity (Wildman–Crippen MR) is 65.8 cm³/mol. The van der Waals surface area contributed by atoms with E-state index in [1.807, 2.05) is 0 Å². The molecule has 0 aromatic carbocycles. The molecule has 0 radical (unpaired) electrons. The molecule has 3 aliphatic rings. The number of amides is 2. The lowest BCUT2D eigenvalue weighted by Gasteiger charge is -2.26. The van der Waals surface area contributed by atoms with Crippen LogP contribution in [0.1, 0.15) is 57.8 Å². The average molecular weight is 251 g/mol. The van der Waals surface area contributed by atoms with Crippen LogP contribution in [0.3, 0.4) is 0 Å². The fourth-order valence-corrected chi connectivity index (χ4v) is 3.73. The van der Waals surface area contributed by atoms with Gasteiger partial charge in [-0.1, -0.05) is 12.8 Å². The van der Waals surface area contributed by atoms with E-state index in [4.69, 9.17) is 4.74 Å². The summed E-state index contributed by atoms with van der Waals surface area (Å²) in [5, 5.41) is 2.43. The second-order valence-corrected chi connectivity index (χ2v) is 6.05. The summed E-state index contributed by atoms with van der Waals surface area (Å²) in [6, 6.07) is 0. The van der Waals surface area contributed by atoms with Gasteiger partial charge >= 0.3 is 0 Å². The number of hydrogen-bond donors (Lipinski definition) is 1. The average Bonchev–Trinajstić information content (AvgIpc) is 2.94. The van der Waals surface area contributed by atoms with Crippen molar-refractivity contribution in [2.45, 2.75) is 69.5 Å². The molecule has 2 unspecified atom stereocenters. The van der Waals surface area contributed by atoms with Gasteiger partial charge in [0.05, 0.1) is 11.7 Å². The molecular formula is C14H21NO3. The van der Waals surface area contributed by atoms with Crippen LogP contribution in [-0.2, 0) is 14.3 Å². The van der Waals surface area contributed by atoms with E-state index in [9.17, 15) is 9.59 Å². The molecule has 1 spiro atoms. The van der Waals surface area contributed by atoms with Gasteiger partial charge in [0.25, 0.3) is 0 Å². The third-order valence-electron chi connectivity index (χ3n) is 4.75. The zero-order chi connectivity index (χ0) is 12.6. The molecule has 2 atom stereocenters. The Morgan fingerprint density at radius 3 is 2.67 bits per heavy atom. The summed E-state index contributed by atoms with van der Waals surface area (Å²) in [5.74, 6) is -0.248. The summed E-state index contributed by atoms with van der Waals surface area (Å²) in [6.45, 7) is 0. The van der Waals surface area contributed by atoms with Crippen LogP contribution in [0.15, 0.2) is 0 Å². The maximum atomic E-state index is 11.7. The van der Waals surface area contributed by atoms with Crippen LogP contribution in [0.4, 0.5) is 0 Å². The van der Waals surface area contributed by atoms with Gasteiger partial charge in [0, 0.05) is 12.3 Å². The molecule has 18 heavy (non-hydrogen) atoms. The van der Waals surface area contributed by atoms with Crippen LogP contribution in [0, 0.1) is 5.92 Å². The van der Waals surface area contributed by atoms with E-state index in [0.29, 0.717) is 12.8 Å². The van der Waals surface area contributed by atoms with Crippen molar-refractivity contribution in [3.8, 4) is 0 Å². The predicted octanol–water partition coefficient (Wildman–Crippen LogP) is 1.92. The number of carbonyl (C=O) groups is 2. The quantitative estimate of drug-likeness (QED) is 0.763. The molecule has 4 nitrogen and oxygen atoms in total. The van der Waals surface area contributed by atoms with Crippen LogP contribution in [0.5, 0.6) is 0 Å². The molecule has 3 fully saturated rings. The first-order valence-electron chi connectivity index (χ1n) is 7.18. The van der Waals surface area contributed by atoms with Gasteiger partial charge in [-0.2, -0.15) is 0 Å². The Kier molecular flexibility index (Phi) is 3.14. The van der Waals surface area contributed by atoms with Crippen molar-refractivity contribution in [2.75, 3.05) is 0 Å². The summed E-state index contributed by atoms with van der Waals surface area (Å²) >= 11 is 0. The Morgan fingerprint density at radius 1 is 1.17 bits per heavy atom. The first-order chi connectivity index (χ1) is 8.67. The van der Waals surface area contributed by atoms with Crippen molar-refractivity contribution < 1.29 is 14.3 Å². The van der Waals surface area contributed by atoms with E-state index in [-0.39, 0.29) is 29.4 Å². The van der Waals surface area contributed by atoms with E-state index in [1.165, 1.54) is 25.7 Å². The Hall–Kier alpha value is -0.900. The molecule has 2 aliphatic heterocycles. The lowest BCUT2D eigenvalue weighted by atomic mass is 9.91. The van der Waals surface area contributed by atoms with Gasteiger partial charge in [-0.25, -0.2) is 0 Å². The van der Waals surface area contributed by atoms with Crippen LogP contribution < -0.4 is 5.32 Å². The Balaban J connectivity index is 1.55. The van der Waals surface area contributed by atoms with Crippen molar-refractivity contribution in [3.05, 3.63) is 0 Å². The zero-order valence-corrected chi connectivity index (χ0v) is 10.7. The summed E-state index contributed by atoms with van der Waals surface area (Å²) in [4.78, 5) is 22.8. The van der Waals surface area contributed by atoms with Gasteiger partial charge < -0.3 is 4.74 Å². The van der Waals surface area contributed by atoms with Crippen molar-refractivity contribution in [1.29, 1.82) is 0 Å². The monoisotopic (exact) mass is 251 g/mol. The van der Waals surface area contributed by atoms with Crippen molar-refractivity contribution >= 4 is 11.8 Å². The largest absolute Gasteiger partial charge is 0.372 e. The van der Waals surface area contributed by atoms with Gasteiger partial charge in [-0.05, 0) is 38.5 Å². The molecule has 2 saturated heterocycles. The molecular weight excluding hydrogens is 230 g/mol. The second-order valence-electron chi connectivity index (χ2n) is 6.05. The third-order valence-corrected chi connectivity index (χ3v) is 4.75. The lowest BCUT2D eigenvalue weighted by molar-refractivity contribution is -0.138. The normalized spacial score (nSPS) is 35.1. The number of hydrogen-bond acceptors (Lipinski definition) is 3. The SMILES string of the molecule is O=C1CCC(CC2CCC3(CCCC3)O2)C(=O)N1. The standard InChI is InChI=1S/C14H21NO3/c16-12-4-3-10(13(17)15-12)9-11-5-8-14(18-11)6-1-2-7-14/h10-11H,1-9H2,(H,15,16,17). The van der Waals surface area contributed by atoms with Gasteiger partial charge in [0.1, 0.15) is 0 Å². The number of carbonyl (C=O) groups excluding carboxylic acids is 2. The number of rotatable bonds is 2. The summed E-state index contributed by atoms with van der Waals surface area (Å²) in [5.41, 5.74) is 0.144. The van der Waals surface area contributed by atoms with Crippen LogP contribution in [0.25, 0.3) is 0 Å². The minimum atomic E-state index is -0.129. The van der Waals surface area contributed by atoms with Crippen molar-refractivity contribution in [2.24, 2.45) is 5.92 Å². The summed E-state index contributed by atoms with van der Waals surface area (Å²) in [7, 11) is 0. The molecule has 0 bridgehead atoms. The molecule has 3 rings (SSSR count). The Morgan fingerprint density at radius 2 is 1.94 bits per heavy atom. The zero-order valence-electron chi connectivity index (χ0n) is 10.7. The summed E-state index contributed by atoms with van der Waals surface area (Å²) in [6.07, 6.45) is 9.38. The number of nitrogens with one attached hydrogen (secondary N) is 1. The van der Waals surface area contributed by atoms with Gasteiger partial charge in [-0.3, -0.25) is 14.9 Å². The Labute approximate surface area is 107 Å². The van der Waals surface area contributed by atoms with Gasteiger partial charge in [0.2, 0.25) is 11.8 Å². The Bertz CT molecular complexity index is 360. The molecule has 2 amide bonds. The third kappa shape index (κ3) is 2.30. The first-order valence-corrected chi connectivity index (χ1v) is 7.18. The van der Waals surface area contributed by atoms with Crippen LogP contribution >= 0.6 is 0 Å². The van der Waals surface area contributed by atoms with Crippen LogP contribution in [0.2, 0.25) is 0 Å². The molecule has 100 valence electrons. The van der Waals surface area contributed by atoms with Crippen molar-refractivity contribution in [1.82, 2.24) is 5.32 Å². The lowest BCUT2D eigenvalue weighted by Crippen LogP contribution is -2.42. The molecule has 1 saturated carbocycles. The topological polar surface area (TPSA) is 55.4 Å². The number of ether oxygens (including phenoxy) is 1. The van der Waals surface area contributed by atoms with Gasteiger partial charge in [0.15, 0.2) is 0 Å². The number of imide groups is 1. The highest BCUT2D eigenvalue weighted by Gasteiger charge is 2.43. The highest BCUT2D eigenvalue weighted by Crippen LogP contribution is 2.44. The second kappa shape index (κ2) is 4.65. The molecule has 1 N–H and O–H groups in total. The maximum Gasteiger partial charge on any atom is 0.229 e. The van der Waals surface area contributed by atoms with E-state index in [2.05, 4.69) is 5.32 Å². The molecule has 0 aromatic rings. The van der Waals surface area contributed by atoms with E-state index >= 15 is 0 Å². The van der Waals surface area contributed by atoms with E-state index < -0.39 is 0 Å². The molecule has 1 aliphatic carbocycles. The maximum absolute atomic E-state index is 11.7. The van der Waals surface area contributed by atoms with Crippen LogP contribution in [-0.4, -0.2) is 23.5 Å². The summed E-state index contributed by atoms with van der Waals surface area (Å²) < 4.78 is 6.22. The highest BCUT2D eigenvalue weighted by atomic mass is 16.5. The van der Waals surface area contributed by atoms with E-state index in [0.717, 1.165) is 19.3 Å². The fraction of sp³-hybridized carbons (Fsp3) is 0.857. The first kappa shape index (κ1) is 12.2. The molecule has 0 aromatic heterocycles. The minimum Gasteiger partial charge on any atom is -0.372 e. The minimum absolute atomic E-state index is 0.0238. The number of piperidine rings is 1. The fourth-order valence-electron chi connectivity index (χ4n) is 3.73. The molecule has 4 heteroatoms. The highest BCUT2D eigenvalue weighted by molar-refractivity contribution is 5.98. The van der Waals surface area contributed by atoms with E-state index in [1.54, 1.807) is 0 Å². The van der Waals surface area contributed by atoms with Crippen molar-refractivity contribution in [3.63, 3.8) is 0 Å². The smallest absolute Gasteiger partial charge is 0.229 e. The molecule has 2 heterocycles. The van der Waals surface area contributed by atoms with Gasteiger partial charge in [-0.15, -0.1) is 0 Å².